The number of halogens is 4. The molecular formula is C15H16F4N2O2. The van der Waals surface area contributed by atoms with Crippen molar-refractivity contribution < 1.29 is 27.5 Å². The zero-order valence-corrected chi connectivity index (χ0v) is 12.4. The number of amides is 1. The third kappa shape index (κ3) is 3.36. The van der Waals surface area contributed by atoms with Crippen LogP contribution in [0.1, 0.15) is 43.0 Å². The second kappa shape index (κ2) is 6.27. The molecule has 1 amide bonds. The van der Waals surface area contributed by atoms with E-state index in [9.17, 15) is 27.5 Å². The van der Waals surface area contributed by atoms with E-state index in [1.807, 2.05) is 6.92 Å². The number of aliphatic hydroxyl groups is 1. The second-order valence-corrected chi connectivity index (χ2v) is 5.38. The van der Waals surface area contributed by atoms with Crippen LogP contribution in [0, 0.1) is 5.82 Å². The van der Waals surface area contributed by atoms with Crippen LogP contribution < -0.4 is 0 Å². The SMILES string of the molecule is CCCCC1=NN(C(=O)c2ccc(F)cc2)C(O)(C(F)(F)F)C1. The first kappa shape index (κ1) is 17.4. The lowest BCUT2D eigenvalue weighted by Gasteiger charge is -2.32. The Bertz CT molecular complexity index is 613. The third-order valence-electron chi connectivity index (χ3n) is 3.60. The van der Waals surface area contributed by atoms with Gasteiger partial charge in [0.1, 0.15) is 5.82 Å². The van der Waals surface area contributed by atoms with E-state index in [2.05, 4.69) is 5.10 Å². The summed E-state index contributed by atoms with van der Waals surface area (Å²) in [5, 5.41) is 13.8. The first-order valence-corrected chi connectivity index (χ1v) is 7.14. The zero-order chi connectivity index (χ0) is 17.3. The van der Waals surface area contributed by atoms with Crippen LogP contribution in [0.25, 0.3) is 0 Å². The Hall–Kier alpha value is -1.96. The van der Waals surface area contributed by atoms with Crippen molar-refractivity contribution in [2.24, 2.45) is 5.10 Å². The minimum absolute atomic E-state index is 0.0607. The molecule has 0 aliphatic carbocycles. The van der Waals surface area contributed by atoms with Crippen LogP contribution in [-0.2, 0) is 0 Å². The van der Waals surface area contributed by atoms with Gasteiger partial charge in [0.05, 0.1) is 0 Å². The normalized spacial score (nSPS) is 21.5. The number of hydrazone groups is 1. The van der Waals surface area contributed by atoms with Gasteiger partial charge in [0.25, 0.3) is 11.6 Å². The van der Waals surface area contributed by atoms with Crippen LogP contribution in [0.2, 0.25) is 0 Å². The Morgan fingerprint density at radius 2 is 1.96 bits per heavy atom. The Balaban J connectivity index is 2.35. The summed E-state index contributed by atoms with van der Waals surface area (Å²) in [4.78, 5) is 12.3. The number of hydrogen-bond donors (Lipinski definition) is 1. The molecule has 1 aliphatic heterocycles. The summed E-state index contributed by atoms with van der Waals surface area (Å²) >= 11 is 0. The molecule has 1 N–H and O–H groups in total. The molecular weight excluding hydrogens is 316 g/mol. The largest absolute Gasteiger partial charge is 0.438 e. The first-order valence-electron chi connectivity index (χ1n) is 7.14. The molecule has 0 radical (unpaired) electrons. The molecule has 4 nitrogen and oxygen atoms in total. The summed E-state index contributed by atoms with van der Waals surface area (Å²) < 4.78 is 52.6. The van der Waals surface area contributed by atoms with E-state index in [0.717, 1.165) is 30.7 Å². The van der Waals surface area contributed by atoms with Crippen LogP contribution in [-0.4, -0.2) is 33.6 Å². The number of nitrogens with zero attached hydrogens (tertiary/aromatic N) is 2. The van der Waals surface area contributed by atoms with Crippen molar-refractivity contribution in [2.75, 3.05) is 0 Å². The molecule has 0 aromatic heterocycles. The van der Waals surface area contributed by atoms with Gasteiger partial charge in [0, 0.05) is 17.7 Å². The summed E-state index contributed by atoms with van der Waals surface area (Å²) in [6, 6.07) is 4.01. The summed E-state index contributed by atoms with van der Waals surface area (Å²) in [6.45, 7) is 1.87. The average molecular weight is 332 g/mol. The Labute approximate surface area is 130 Å². The molecule has 126 valence electrons. The van der Waals surface area contributed by atoms with Crippen molar-refractivity contribution in [1.29, 1.82) is 0 Å². The maximum absolute atomic E-state index is 13.3. The molecule has 23 heavy (non-hydrogen) atoms. The fraction of sp³-hybridized carbons (Fsp3) is 0.467. The van der Waals surface area contributed by atoms with Gasteiger partial charge >= 0.3 is 6.18 Å². The van der Waals surface area contributed by atoms with Crippen molar-refractivity contribution in [2.45, 2.75) is 44.5 Å². The molecule has 1 atom stereocenters. The number of rotatable bonds is 4. The maximum Gasteiger partial charge on any atom is 0.438 e. The summed E-state index contributed by atoms with van der Waals surface area (Å²) in [6.07, 6.45) is -4.22. The van der Waals surface area contributed by atoms with Gasteiger partial charge < -0.3 is 5.11 Å². The molecule has 0 bridgehead atoms. The minimum Gasteiger partial charge on any atom is -0.362 e. The summed E-state index contributed by atoms with van der Waals surface area (Å²) in [5.74, 6) is -1.75. The van der Waals surface area contributed by atoms with Crippen molar-refractivity contribution in [3.05, 3.63) is 35.6 Å². The van der Waals surface area contributed by atoms with Gasteiger partial charge in [-0.15, -0.1) is 0 Å². The highest BCUT2D eigenvalue weighted by molar-refractivity contribution is 5.98. The van der Waals surface area contributed by atoms with Crippen LogP contribution in [0.5, 0.6) is 0 Å². The minimum atomic E-state index is -5.06. The lowest BCUT2D eigenvalue weighted by Crippen LogP contribution is -2.56. The van der Waals surface area contributed by atoms with Crippen molar-refractivity contribution in [1.82, 2.24) is 5.01 Å². The second-order valence-electron chi connectivity index (χ2n) is 5.38. The van der Waals surface area contributed by atoms with Gasteiger partial charge in [-0.25, -0.2) is 4.39 Å². The van der Waals surface area contributed by atoms with Crippen LogP contribution in [0.4, 0.5) is 17.6 Å². The van der Waals surface area contributed by atoms with Gasteiger partial charge in [0.2, 0.25) is 0 Å². The van der Waals surface area contributed by atoms with Crippen molar-refractivity contribution >= 4 is 11.6 Å². The summed E-state index contributed by atoms with van der Waals surface area (Å²) in [5.41, 5.74) is -3.45. The highest BCUT2D eigenvalue weighted by atomic mass is 19.4. The molecule has 1 heterocycles. The molecule has 1 aromatic rings. The standard InChI is InChI=1S/C15H16F4N2O2/c1-2-3-4-12-9-14(23,15(17,18)19)21(20-12)13(22)10-5-7-11(16)8-6-10/h5-8,23H,2-4,9H2,1H3. The number of carbonyl (C=O) groups is 1. The highest BCUT2D eigenvalue weighted by Gasteiger charge is 2.63. The highest BCUT2D eigenvalue weighted by Crippen LogP contribution is 2.41. The lowest BCUT2D eigenvalue weighted by atomic mass is 10.0. The van der Waals surface area contributed by atoms with Gasteiger partial charge in [-0.2, -0.15) is 23.3 Å². The van der Waals surface area contributed by atoms with Crippen molar-refractivity contribution in [3.63, 3.8) is 0 Å². The molecule has 2 rings (SSSR count). The average Bonchev–Trinajstić information content (AvgIpc) is 2.83. The molecule has 1 aromatic carbocycles. The number of unbranched alkanes of at least 4 members (excludes halogenated alkanes) is 1. The van der Waals surface area contributed by atoms with E-state index < -0.39 is 30.0 Å². The molecule has 0 saturated carbocycles. The number of hydrogen-bond acceptors (Lipinski definition) is 3. The van der Waals surface area contributed by atoms with Crippen LogP contribution >= 0.6 is 0 Å². The predicted molar refractivity (Wildman–Crippen MR) is 75.2 cm³/mol. The lowest BCUT2D eigenvalue weighted by molar-refractivity contribution is -0.297. The van der Waals surface area contributed by atoms with Crippen LogP contribution in [0.3, 0.4) is 0 Å². The van der Waals surface area contributed by atoms with E-state index in [-0.39, 0.29) is 22.7 Å². The fourth-order valence-corrected chi connectivity index (χ4v) is 2.29. The molecule has 0 saturated heterocycles. The smallest absolute Gasteiger partial charge is 0.362 e. The molecule has 1 aliphatic rings. The summed E-state index contributed by atoms with van der Waals surface area (Å²) in [7, 11) is 0. The predicted octanol–water partition coefficient (Wildman–Crippen LogP) is 3.47. The van der Waals surface area contributed by atoms with Gasteiger partial charge in [-0.05, 0) is 37.1 Å². The topological polar surface area (TPSA) is 52.9 Å². The van der Waals surface area contributed by atoms with Crippen LogP contribution in [0.15, 0.2) is 29.4 Å². The Kier molecular flexibility index (Phi) is 4.74. The van der Waals surface area contributed by atoms with E-state index >= 15 is 0 Å². The molecule has 1 unspecified atom stereocenters. The van der Waals surface area contributed by atoms with Gasteiger partial charge in [0.15, 0.2) is 0 Å². The van der Waals surface area contributed by atoms with E-state index in [0.29, 0.717) is 6.42 Å². The Morgan fingerprint density at radius 3 is 2.48 bits per heavy atom. The maximum atomic E-state index is 13.3. The fourth-order valence-electron chi connectivity index (χ4n) is 2.29. The molecule has 0 fully saturated rings. The van der Waals surface area contributed by atoms with E-state index in [1.165, 1.54) is 0 Å². The quantitative estimate of drug-likeness (QED) is 0.859. The number of carbonyl (C=O) groups excluding carboxylic acids is 1. The molecule has 8 heteroatoms. The van der Waals surface area contributed by atoms with E-state index in [1.54, 1.807) is 0 Å². The number of alkyl halides is 3. The van der Waals surface area contributed by atoms with Gasteiger partial charge in [-0.1, -0.05) is 13.3 Å². The zero-order valence-electron chi connectivity index (χ0n) is 12.4. The third-order valence-corrected chi connectivity index (χ3v) is 3.60. The van der Waals surface area contributed by atoms with Gasteiger partial charge in [-0.3, -0.25) is 4.79 Å². The first-order chi connectivity index (χ1) is 10.7. The van der Waals surface area contributed by atoms with E-state index in [4.69, 9.17) is 0 Å². The monoisotopic (exact) mass is 332 g/mol. The molecule has 0 spiro atoms. The Morgan fingerprint density at radius 1 is 1.35 bits per heavy atom. The van der Waals surface area contributed by atoms with Crippen molar-refractivity contribution in [3.8, 4) is 0 Å². The number of benzene rings is 1.